The fourth-order valence-corrected chi connectivity index (χ4v) is 1.64. The molecule has 0 radical (unpaired) electrons. The van der Waals surface area contributed by atoms with Crippen LogP contribution in [0.3, 0.4) is 0 Å². The van der Waals surface area contributed by atoms with E-state index in [0.29, 0.717) is 5.92 Å². The van der Waals surface area contributed by atoms with Crippen LogP contribution in [0, 0.1) is 6.92 Å². The highest BCUT2D eigenvalue weighted by atomic mass is 16.5. The molecule has 0 unspecified atom stereocenters. The fourth-order valence-electron chi connectivity index (χ4n) is 1.64. The molecule has 1 N–H and O–H groups in total. The van der Waals surface area contributed by atoms with E-state index in [2.05, 4.69) is 25.2 Å². The van der Waals surface area contributed by atoms with Crippen molar-refractivity contribution in [2.45, 2.75) is 46.6 Å². The lowest BCUT2D eigenvalue weighted by molar-refractivity contribution is -0.123. The average Bonchev–Trinajstić information content (AvgIpc) is 2.26. The summed E-state index contributed by atoms with van der Waals surface area (Å²) in [6.45, 7) is 10.2. The van der Waals surface area contributed by atoms with Crippen molar-refractivity contribution in [3.63, 3.8) is 0 Å². The number of aryl methyl sites for hydroxylation is 1. The molecule has 0 atom stereocenters. The van der Waals surface area contributed by atoms with E-state index in [-0.39, 0.29) is 18.6 Å². The smallest absolute Gasteiger partial charge is 0.258 e. The van der Waals surface area contributed by atoms with Crippen LogP contribution >= 0.6 is 0 Å². The van der Waals surface area contributed by atoms with Crippen LogP contribution in [0.1, 0.15) is 44.7 Å². The third-order valence-corrected chi connectivity index (χ3v) is 2.69. The van der Waals surface area contributed by atoms with Crippen molar-refractivity contribution in [1.29, 1.82) is 0 Å². The minimum atomic E-state index is -0.0839. The lowest BCUT2D eigenvalue weighted by atomic mass is 10.0. The maximum Gasteiger partial charge on any atom is 0.258 e. The number of carbonyl (C=O) groups excluding carboxylic acids is 1. The Bertz CT molecular complexity index is 411. The minimum absolute atomic E-state index is 0.0700. The van der Waals surface area contributed by atoms with Crippen LogP contribution < -0.4 is 10.1 Å². The highest BCUT2D eigenvalue weighted by Crippen LogP contribution is 2.24. The van der Waals surface area contributed by atoms with E-state index >= 15 is 0 Å². The summed E-state index contributed by atoms with van der Waals surface area (Å²) in [4.78, 5) is 11.5. The van der Waals surface area contributed by atoms with Crippen LogP contribution in [-0.4, -0.2) is 18.6 Å². The van der Waals surface area contributed by atoms with Gasteiger partial charge in [-0.25, -0.2) is 0 Å². The van der Waals surface area contributed by atoms with Gasteiger partial charge in [0.15, 0.2) is 6.61 Å². The molecule has 1 aromatic carbocycles. The maximum absolute atomic E-state index is 11.5. The zero-order valence-corrected chi connectivity index (χ0v) is 11.9. The second kappa shape index (κ2) is 6.43. The van der Waals surface area contributed by atoms with Crippen LogP contribution in [0.5, 0.6) is 5.75 Å². The first kappa shape index (κ1) is 14.6. The fraction of sp³-hybridized carbons (Fsp3) is 0.533. The lowest BCUT2D eigenvalue weighted by Gasteiger charge is -2.13. The second-order valence-electron chi connectivity index (χ2n) is 5.19. The Morgan fingerprint density at radius 3 is 2.50 bits per heavy atom. The molecule has 0 aliphatic heterocycles. The van der Waals surface area contributed by atoms with E-state index in [9.17, 15) is 4.79 Å². The summed E-state index contributed by atoms with van der Waals surface area (Å²) in [6.07, 6.45) is 0. The van der Waals surface area contributed by atoms with Gasteiger partial charge in [0.2, 0.25) is 0 Å². The Morgan fingerprint density at radius 2 is 1.94 bits per heavy atom. The number of carbonyl (C=O) groups is 1. The number of amides is 1. The molecule has 1 rings (SSSR count). The number of nitrogens with one attached hydrogen (secondary N) is 1. The van der Waals surface area contributed by atoms with Crippen molar-refractivity contribution < 1.29 is 9.53 Å². The number of hydrogen-bond acceptors (Lipinski definition) is 2. The summed E-state index contributed by atoms with van der Waals surface area (Å²) in [5.41, 5.74) is 2.27. The van der Waals surface area contributed by atoms with Gasteiger partial charge in [0.1, 0.15) is 5.75 Å². The molecular formula is C15H23NO2. The molecule has 0 saturated heterocycles. The van der Waals surface area contributed by atoms with E-state index < -0.39 is 0 Å². The summed E-state index contributed by atoms with van der Waals surface area (Å²) < 4.78 is 5.58. The Balaban J connectivity index is 2.66. The molecule has 0 aliphatic rings. The second-order valence-corrected chi connectivity index (χ2v) is 5.19. The molecule has 0 aliphatic carbocycles. The predicted molar refractivity (Wildman–Crippen MR) is 74.0 cm³/mol. The molecule has 3 nitrogen and oxygen atoms in total. The van der Waals surface area contributed by atoms with Crippen LogP contribution in [0.2, 0.25) is 0 Å². The van der Waals surface area contributed by atoms with Crippen LogP contribution in [0.15, 0.2) is 18.2 Å². The Morgan fingerprint density at radius 1 is 1.28 bits per heavy atom. The topological polar surface area (TPSA) is 38.3 Å². The molecule has 18 heavy (non-hydrogen) atoms. The highest BCUT2D eigenvalue weighted by molar-refractivity contribution is 5.77. The SMILES string of the molecule is Cc1ccc(C(C)C)cc1OCC(=O)NC(C)C. The van der Waals surface area contributed by atoms with Crippen molar-refractivity contribution in [1.82, 2.24) is 5.32 Å². The molecular weight excluding hydrogens is 226 g/mol. The summed E-state index contributed by atoms with van der Waals surface area (Å²) >= 11 is 0. The van der Waals surface area contributed by atoms with Gasteiger partial charge in [-0.15, -0.1) is 0 Å². The lowest BCUT2D eigenvalue weighted by Crippen LogP contribution is -2.34. The molecule has 0 spiro atoms. The Kier molecular flexibility index (Phi) is 5.20. The monoisotopic (exact) mass is 249 g/mol. The van der Waals surface area contributed by atoms with Gasteiger partial charge < -0.3 is 10.1 Å². The van der Waals surface area contributed by atoms with Crippen molar-refractivity contribution in [3.05, 3.63) is 29.3 Å². The van der Waals surface area contributed by atoms with Gasteiger partial charge in [-0.3, -0.25) is 4.79 Å². The third kappa shape index (κ3) is 4.40. The summed E-state index contributed by atoms with van der Waals surface area (Å²) in [7, 11) is 0. The van der Waals surface area contributed by atoms with E-state index in [0.717, 1.165) is 11.3 Å². The molecule has 0 aromatic heterocycles. The van der Waals surface area contributed by atoms with Crippen molar-refractivity contribution in [3.8, 4) is 5.75 Å². The van der Waals surface area contributed by atoms with Crippen molar-refractivity contribution in [2.24, 2.45) is 0 Å². The highest BCUT2D eigenvalue weighted by Gasteiger charge is 2.08. The summed E-state index contributed by atoms with van der Waals surface area (Å²) in [5, 5.41) is 2.81. The van der Waals surface area contributed by atoms with E-state index in [1.54, 1.807) is 0 Å². The van der Waals surface area contributed by atoms with E-state index in [1.165, 1.54) is 5.56 Å². The van der Waals surface area contributed by atoms with Crippen molar-refractivity contribution in [2.75, 3.05) is 6.61 Å². The normalized spacial score (nSPS) is 10.8. The largest absolute Gasteiger partial charge is 0.483 e. The van der Waals surface area contributed by atoms with Crippen LogP contribution in [0.4, 0.5) is 0 Å². The maximum atomic E-state index is 11.5. The standard InChI is InChI=1S/C15H23NO2/c1-10(2)13-7-6-12(5)14(8-13)18-9-15(17)16-11(3)4/h6-8,10-11H,9H2,1-5H3,(H,16,17). The molecule has 100 valence electrons. The van der Waals surface area contributed by atoms with Gasteiger partial charge in [-0.1, -0.05) is 26.0 Å². The zero-order chi connectivity index (χ0) is 13.7. The van der Waals surface area contributed by atoms with E-state index in [4.69, 9.17) is 4.74 Å². The quantitative estimate of drug-likeness (QED) is 0.871. The first-order chi connectivity index (χ1) is 8.40. The molecule has 1 aromatic rings. The van der Waals surface area contributed by atoms with Crippen LogP contribution in [0.25, 0.3) is 0 Å². The van der Waals surface area contributed by atoms with Gasteiger partial charge in [-0.2, -0.15) is 0 Å². The number of ether oxygens (including phenoxy) is 1. The first-order valence-electron chi connectivity index (χ1n) is 6.43. The average molecular weight is 249 g/mol. The van der Waals surface area contributed by atoms with Crippen molar-refractivity contribution >= 4 is 5.91 Å². The van der Waals surface area contributed by atoms with Gasteiger partial charge in [-0.05, 0) is 43.9 Å². The van der Waals surface area contributed by atoms with Gasteiger partial charge in [0, 0.05) is 6.04 Å². The number of hydrogen-bond donors (Lipinski definition) is 1. The molecule has 0 fully saturated rings. The molecule has 0 saturated carbocycles. The third-order valence-electron chi connectivity index (χ3n) is 2.69. The predicted octanol–water partition coefficient (Wildman–Crippen LogP) is 3.02. The molecule has 0 bridgehead atoms. The number of rotatable bonds is 5. The van der Waals surface area contributed by atoms with Gasteiger partial charge in [0.25, 0.3) is 5.91 Å². The van der Waals surface area contributed by atoms with Gasteiger partial charge in [0.05, 0.1) is 0 Å². The van der Waals surface area contributed by atoms with Gasteiger partial charge >= 0.3 is 0 Å². The summed E-state index contributed by atoms with van der Waals surface area (Å²) in [6, 6.07) is 6.29. The van der Waals surface area contributed by atoms with Crippen LogP contribution in [-0.2, 0) is 4.79 Å². The number of benzene rings is 1. The zero-order valence-electron chi connectivity index (χ0n) is 11.9. The molecule has 1 amide bonds. The summed E-state index contributed by atoms with van der Waals surface area (Å²) in [5.74, 6) is 1.16. The van der Waals surface area contributed by atoms with E-state index in [1.807, 2.05) is 32.9 Å². The first-order valence-corrected chi connectivity index (χ1v) is 6.43. The Labute approximate surface area is 110 Å². The Hall–Kier alpha value is -1.51. The molecule has 0 heterocycles. The minimum Gasteiger partial charge on any atom is -0.483 e. The molecule has 3 heteroatoms.